The van der Waals surface area contributed by atoms with Crippen LogP contribution < -0.4 is 5.73 Å². The number of hydrogen-bond donors (Lipinski definition) is 1. The SMILES string of the molecule is CCCc1ccncc1C(N)=O. The Labute approximate surface area is 71.6 Å². The van der Waals surface area contributed by atoms with Crippen LogP contribution in [0.4, 0.5) is 0 Å². The van der Waals surface area contributed by atoms with E-state index in [0.29, 0.717) is 5.56 Å². The highest BCUT2D eigenvalue weighted by atomic mass is 16.1. The molecule has 0 radical (unpaired) electrons. The molecule has 0 aliphatic heterocycles. The highest BCUT2D eigenvalue weighted by Crippen LogP contribution is 2.08. The largest absolute Gasteiger partial charge is 0.366 e. The molecule has 2 N–H and O–H groups in total. The van der Waals surface area contributed by atoms with Gasteiger partial charge in [-0.05, 0) is 18.1 Å². The monoisotopic (exact) mass is 164 g/mol. The highest BCUT2D eigenvalue weighted by Gasteiger charge is 2.05. The number of rotatable bonds is 3. The first kappa shape index (κ1) is 8.71. The van der Waals surface area contributed by atoms with Gasteiger partial charge in [0.1, 0.15) is 0 Å². The van der Waals surface area contributed by atoms with E-state index in [2.05, 4.69) is 11.9 Å². The lowest BCUT2D eigenvalue weighted by Gasteiger charge is -2.02. The van der Waals surface area contributed by atoms with E-state index in [1.807, 2.05) is 6.07 Å². The number of aromatic nitrogens is 1. The van der Waals surface area contributed by atoms with Crippen LogP contribution in [-0.4, -0.2) is 10.9 Å². The molecule has 0 unspecified atom stereocenters. The minimum absolute atomic E-state index is 0.397. The fraction of sp³-hybridized carbons (Fsp3) is 0.333. The average Bonchev–Trinajstić information content (AvgIpc) is 2.05. The van der Waals surface area contributed by atoms with E-state index in [-0.39, 0.29) is 0 Å². The Morgan fingerprint density at radius 2 is 2.42 bits per heavy atom. The molecule has 1 aromatic heterocycles. The molecule has 12 heavy (non-hydrogen) atoms. The molecule has 0 bridgehead atoms. The molecule has 0 aliphatic rings. The van der Waals surface area contributed by atoms with Crippen LogP contribution in [0.2, 0.25) is 0 Å². The summed E-state index contributed by atoms with van der Waals surface area (Å²) >= 11 is 0. The zero-order valence-electron chi connectivity index (χ0n) is 7.08. The molecule has 1 amide bonds. The number of hydrogen-bond acceptors (Lipinski definition) is 2. The average molecular weight is 164 g/mol. The van der Waals surface area contributed by atoms with Crippen LogP contribution in [0.3, 0.4) is 0 Å². The standard InChI is InChI=1S/C9H12N2O/c1-2-3-7-4-5-11-6-8(7)9(10)12/h4-6H,2-3H2,1H3,(H2,10,12). The van der Waals surface area contributed by atoms with Gasteiger partial charge < -0.3 is 5.73 Å². The normalized spacial score (nSPS) is 9.75. The lowest BCUT2D eigenvalue weighted by atomic mass is 10.1. The van der Waals surface area contributed by atoms with E-state index in [1.165, 1.54) is 6.20 Å². The van der Waals surface area contributed by atoms with Gasteiger partial charge in [0.25, 0.3) is 5.91 Å². The van der Waals surface area contributed by atoms with Gasteiger partial charge in [-0.3, -0.25) is 9.78 Å². The van der Waals surface area contributed by atoms with Crippen molar-refractivity contribution in [2.45, 2.75) is 19.8 Å². The van der Waals surface area contributed by atoms with Crippen LogP contribution in [0, 0.1) is 0 Å². The Balaban J connectivity index is 3.00. The predicted octanol–water partition coefficient (Wildman–Crippen LogP) is 1.13. The Bertz CT molecular complexity index is 284. The van der Waals surface area contributed by atoms with E-state index in [4.69, 9.17) is 5.73 Å². The highest BCUT2D eigenvalue weighted by molar-refractivity contribution is 5.93. The third-order valence-corrected chi connectivity index (χ3v) is 1.70. The number of primary amides is 1. The molecule has 1 rings (SSSR count). The molecule has 0 atom stereocenters. The molecule has 0 aliphatic carbocycles. The van der Waals surface area contributed by atoms with Crippen LogP contribution in [0.15, 0.2) is 18.5 Å². The lowest BCUT2D eigenvalue weighted by molar-refractivity contribution is 0.0999. The third kappa shape index (κ3) is 1.81. The zero-order valence-corrected chi connectivity index (χ0v) is 7.08. The zero-order chi connectivity index (χ0) is 8.97. The minimum atomic E-state index is -0.397. The van der Waals surface area contributed by atoms with Gasteiger partial charge in [-0.25, -0.2) is 0 Å². The Morgan fingerprint density at radius 1 is 1.67 bits per heavy atom. The first-order chi connectivity index (χ1) is 5.75. The number of amides is 1. The van der Waals surface area contributed by atoms with Crippen LogP contribution >= 0.6 is 0 Å². The minimum Gasteiger partial charge on any atom is -0.366 e. The summed E-state index contributed by atoms with van der Waals surface area (Å²) in [6, 6.07) is 1.84. The second-order valence-corrected chi connectivity index (χ2v) is 2.65. The third-order valence-electron chi connectivity index (χ3n) is 1.70. The Hall–Kier alpha value is -1.38. The van der Waals surface area contributed by atoms with Crippen LogP contribution in [0.25, 0.3) is 0 Å². The summed E-state index contributed by atoms with van der Waals surface area (Å²) < 4.78 is 0. The Kier molecular flexibility index (Phi) is 2.80. The molecular weight excluding hydrogens is 152 g/mol. The molecule has 64 valence electrons. The quantitative estimate of drug-likeness (QED) is 0.728. The van der Waals surface area contributed by atoms with Gasteiger partial charge in [-0.1, -0.05) is 13.3 Å². The first-order valence-corrected chi connectivity index (χ1v) is 3.98. The summed E-state index contributed by atoms with van der Waals surface area (Å²) in [5.41, 5.74) is 6.69. The maximum atomic E-state index is 10.9. The molecule has 3 nitrogen and oxygen atoms in total. The van der Waals surface area contributed by atoms with Crippen LogP contribution in [0.5, 0.6) is 0 Å². The number of pyridine rings is 1. The molecular formula is C9H12N2O. The van der Waals surface area contributed by atoms with E-state index < -0.39 is 5.91 Å². The van der Waals surface area contributed by atoms with Crippen molar-refractivity contribution >= 4 is 5.91 Å². The number of carbonyl (C=O) groups is 1. The lowest BCUT2D eigenvalue weighted by Crippen LogP contribution is -2.13. The van der Waals surface area contributed by atoms with Crippen molar-refractivity contribution in [2.75, 3.05) is 0 Å². The molecule has 0 fully saturated rings. The van der Waals surface area contributed by atoms with Crippen molar-refractivity contribution in [3.05, 3.63) is 29.6 Å². The summed E-state index contributed by atoms with van der Waals surface area (Å²) in [4.78, 5) is 14.7. The summed E-state index contributed by atoms with van der Waals surface area (Å²) in [6.07, 6.45) is 5.08. The maximum absolute atomic E-state index is 10.9. The van der Waals surface area contributed by atoms with Crippen molar-refractivity contribution < 1.29 is 4.79 Å². The van der Waals surface area contributed by atoms with E-state index in [9.17, 15) is 4.79 Å². The molecule has 1 heterocycles. The summed E-state index contributed by atoms with van der Waals surface area (Å²) in [7, 11) is 0. The van der Waals surface area contributed by atoms with Gasteiger partial charge in [0.15, 0.2) is 0 Å². The van der Waals surface area contributed by atoms with Crippen molar-refractivity contribution in [1.29, 1.82) is 0 Å². The predicted molar refractivity (Wildman–Crippen MR) is 46.7 cm³/mol. The first-order valence-electron chi connectivity index (χ1n) is 3.98. The van der Waals surface area contributed by atoms with Gasteiger partial charge in [0.05, 0.1) is 5.56 Å². The van der Waals surface area contributed by atoms with Crippen LogP contribution in [0.1, 0.15) is 29.3 Å². The van der Waals surface area contributed by atoms with Gasteiger partial charge in [0.2, 0.25) is 0 Å². The van der Waals surface area contributed by atoms with E-state index >= 15 is 0 Å². The molecule has 0 saturated heterocycles. The number of carbonyl (C=O) groups excluding carboxylic acids is 1. The summed E-state index contributed by atoms with van der Waals surface area (Å²) in [5.74, 6) is -0.397. The summed E-state index contributed by atoms with van der Waals surface area (Å²) in [5, 5.41) is 0. The second kappa shape index (κ2) is 3.85. The molecule has 0 aromatic carbocycles. The fourth-order valence-electron chi connectivity index (χ4n) is 1.13. The van der Waals surface area contributed by atoms with Gasteiger partial charge >= 0.3 is 0 Å². The molecule has 0 saturated carbocycles. The van der Waals surface area contributed by atoms with Crippen molar-refractivity contribution in [3.63, 3.8) is 0 Å². The summed E-state index contributed by atoms with van der Waals surface area (Å²) in [6.45, 7) is 2.06. The second-order valence-electron chi connectivity index (χ2n) is 2.65. The fourth-order valence-corrected chi connectivity index (χ4v) is 1.13. The maximum Gasteiger partial charge on any atom is 0.250 e. The number of nitrogens with two attached hydrogens (primary N) is 1. The van der Waals surface area contributed by atoms with E-state index in [0.717, 1.165) is 18.4 Å². The van der Waals surface area contributed by atoms with Crippen LogP contribution in [-0.2, 0) is 6.42 Å². The number of nitrogens with zero attached hydrogens (tertiary/aromatic N) is 1. The molecule has 3 heteroatoms. The smallest absolute Gasteiger partial charge is 0.250 e. The van der Waals surface area contributed by atoms with Crippen molar-refractivity contribution in [1.82, 2.24) is 4.98 Å². The van der Waals surface area contributed by atoms with Gasteiger partial charge in [0, 0.05) is 12.4 Å². The van der Waals surface area contributed by atoms with E-state index in [1.54, 1.807) is 6.20 Å². The van der Waals surface area contributed by atoms with Gasteiger partial charge in [-0.15, -0.1) is 0 Å². The molecule has 1 aromatic rings. The molecule has 0 spiro atoms. The topological polar surface area (TPSA) is 56.0 Å². The van der Waals surface area contributed by atoms with Gasteiger partial charge in [-0.2, -0.15) is 0 Å². The number of aryl methyl sites for hydroxylation is 1. The van der Waals surface area contributed by atoms with Crippen molar-refractivity contribution in [2.24, 2.45) is 5.73 Å². The van der Waals surface area contributed by atoms with Crippen molar-refractivity contribution in [3.8, 4) is 0 Å². The Morgan fingerprint density at radius 3 is 3.00 bits per heavy atom.